The van der Waals surface area contributed by atoms with Crippen LogP contribution in [-0.2, 0) is 4.79 Å². The lowest BCUT2D eigenvalue weighted by molar-refractivity contribution is -0.131. The SMILES string of the molecule is CC(C)(NC(=O)c1ncccc1/C=C/C(=O)O)C1CC1. The molecule has 0 atom stereocenters. The van der Waals surface area contributed by atoms with Gasteiger partial charge in [0.1, 0.15) is 5.69 Å². The van der Waals surface area contributed by atoms with Crippen molar-refractivity contribution in [2.75, 3.05) is 0 Å². The van der Waals surface area contributed by atoms with E-state index in [-0.39, 0.29) is 17.1 Å². The fourth-order valence-electron chi connectivity index (χ4n) is 2.16. The number of rotatable bonds is 5. The summed E-state index contributed by atoms with van der Waals surface area (Å²) < 4.78 is 0. The minimum Gasteiger partial charge on any atom is -0.478 e. The maximum Gasteiger partial charge on any atom is 0.328 e. The molecule has 1 aliphatic rings. The monoisotopic (exact) mass is 274 g/mol. The standard InChI is InChI=1S/C15H18N2O3/c1-15(2,11-6-7-11)17-14(20)13-10(4-3-9-16-13)5-8-12(18)19/h3-5,8-9,11H,6-7H2,1-2H3,(H,17,20)(H,18,19)/b8-5+. The van der Waals surface area contributed by atoms with Gasteiger partial charge < -0.3 is 10.4 Å². The molecule has 1 aromatic heterocycles. The van der Waals surface area contributed by atoms with Gasteiger partial charge in [0.2, 0.25) is 0 Å². The highest BCUT2D eigenvalue weighted by molar-refractivity contribution is 5.97. The van der Waals surface area contributed by atoms with Gasteiger partial charge in [0.15, 0.2) is 0 Å². The molecule has 20 heavy (non-hydrogen) atoms. The predicted molar refractivity (Wildman–Crippen MR) is 75.2 cm³/mol. The van der Waals surface area contributed by atoms with Crippen LogP contribution in [0.5, 0.6) is 0 Å². The van der Waals surface area contributed by atoms with Gasteiger partial charge in [-0.1, -0.05) is 6.07 Å². The highest BCUT2D eigenvalue weighted by atomic mass is 16.4. The number of carbonyl (C=O) groups is 2. The first-order valence-corrected chi connectivity index (χ1v) is 6.58. The van der Waals surface area contributed by atoms with Crippen molar-refractivity contribution in [3.63, 3.8) is 0 Å². The molecule has 0 radical (unpaired) electrons. The van der Waals surface area contributed by atoms with E-state index in [1.807, 2.05) is 13.8 Å². The first-order chi connectivity index (χ1) is 9.40. The molecule has 1 heterocycles. The van der Waals surface area contributed by atoms with E-state index in [9.17, 15) is 9.59 Å². The molecule has 5 nitrogen and oxygen atoms in total. The van der Waals surface area contributed by atoms with Crippen molar-refractivity contribution in [2.24, 2.45) is 5.92 Å². The lowest BCUT2D eigenvalue weighted by atomic mass is 9.98. The molecule has 0 spiro atoms. The van der Waals surface area contributed by atoms with Crippen molar-refractivity contribution in [1.82, 2.24) is 10.3 Å². The topological polar surface area (TPSA) is 79.3 Å². The first kappa shape index (κ1) is 14.2. The molecule has 0 saturated heterocycles. The molecule has 5 heteroatoms. The summed E-state index contributed by atoms with van der Waals surface area (Å²) in [6, 6.07) is 3.34. The molecule has 0 aliphatic heterocycles. The molecule has 0 aromatic carbocycles. The van der Waals surface area contributed by atoms with Gasteiger partial charge in [0.05, 0.1) is 0 Å². The number of nitrogens with one attached hydrogen (secondary N) is 1. The molecule has 2 N–H and O–H groups in total. The fraction of sp³-hybridized carbons (Fsp3) is 0.400. The van der Waals surface area contributed by atoms with Crippen molar-refractivity contribution < 1.29 is 14.7 Å². The quantitative estimate of drug-likeness (QED) is 0.806. The fourth-order valence-corrected chi connectivity index (χ4v) is 2.16. The summed E-state index contributed by atoms with van der Waals surface area (Å²) in [5.41, 5.74) is 0.486. The van der Waals surface area contributed by atoms with Crippen molar-refractivity contribution in [3.05, 3.63) is 35.7 Å². The molecular formula is C15H18N2O3. The summed E-state index contributed by atoms with van der Waals surface area (Å²) in [6.07, 6.45) is 6.16. The number of carbonyl (C=O) groups excluding carboxylic acids is 1. The van der Waals surface area contributed by atoms with Gasteiger partial charge in [-0.25, -0.2) is 4.79 Å². The number of aromatic nitrogens is 1. The van der Waals surface area contributed by atoms with Crippen molar-refractivity contribution in [3.8, 4) is 0 Å². The van der Waals surface area contributed by atoms with E-state index >= 15 is 0 Å². The van der Waals surface area contributed by atoms with E-state index in [1.165, 1.54) is 12.3 Å². The summed E-state index contributed by atoms with van der Waals surface area (Å²) in [7, 11) is 0. The molecule has 1 fully saturated rings. The Morgan fingerprint density at radius 3 is 2.75 bits per heavy atom. The van der Waals surface area contributed by atoms with Crippen LogP contribution >= 0.6 is 0 Å². The van der Waals surface area contributed by atoms with Crippen molar-refractivity contribution in [1.29, 1.82) is 0 Å². The Kier molecular flexibility index (Phi) is 3.88. The first-order valence-electron chi connectivity index (χ1n) is 6.58. The number of hydrogen-bond donors (Lipinski definition) is 2. The van der Waals surface area contributed by atoms with E-state index < -0.39 is 5.97 Å². The second-order valence-corrected chi connectivity index (χ2v) is 5.56. The van der Waals surface area contributed by atoms with Crippen LogP contribution in [-0.4, -0.2) is 27.5 Å². The minimum absolute atomic E-state index is 0.249. The van der Waals surface area contributed by atoms with Crippen molar-refractivity contribution >= 4 is 18.0 Å². The van der Waals surface area contributed by atoms with Crippen LogP contribution in [0.4, 0.5) is 0 Å². The van der Waals surface area contributed by atoms with Crippen LogP contribution in [0.3, 0.4) is 0 Å². The Hall–Kier alpha value is -2.17. The van der Waals surface area contributed by atoms with Gasteiger partial charge in [0.25, 0.3) is 5.91 Å². The third-order valence-corrected chi connectivity index (χ3v) is 3.49. The third kappa shape index (κ3) is 3.44. The van der Waals surface area contributed by atoms with Gasteiger partial charge in [-0.05, 0) is 44.7 Å². The minimum atomic E-state index is -1.06. The number of nitrogens with zero attached hydrogens (tertiary/aromatic N) is 1. The summed E-state index contributed by atoms with van der Waals surface area (Å²) in [5, 5.41) is 11.6. The predicted octanol–water partition coefficient (Wildman–Crippen LogP) is 2.10. The second kappa shape index (κ2) is 5.45. The lowest BCUT2D eigenvalue weighted by Gasteiger charge is -2.26. The van der Waals surface area contributed by atoms with E-state index in [1.54, 1.807) is 12.1 Å². The Labute approximate surface area is 117 Å². The largest absolute Gasteiger partial charge is 0.478 e. The summed E-state index contributed by atoms with van der Waals surface area (Å²) in [4.78, 5) is 26.9. The van der Waals surface area contributed by atoms with E-state index in [2.05, 4.69) is 10.3 Å². The van der Waals surface area contributed by atoms with Gasteiger partial charge >= 0.3 is 5.97 Å². The maximum atomic E-state index is 12.3. The number of amides is 1. The Morgan fingerprint density at radius 1 is 1.45 bits per heavy atom. The maximum absolute atomic E-state index is 12.3. The number of carboxylic acids is 1. The molecule has 2 rings (SSSR count). The smallest absolute Gasteiger partial charge is 0.328 e. The highest BCUT2D eigenvalue weighted by Gasteiger charge is 2.39. The Morgan fingerprint density at radius 2 is 2.15 bits per heavy atom. The molecule has 1 saturated carbocycles. The van der Waals surface area contributed by atoms with Crippen LogP contribution in [0.2, 0.25) is 0 Å². The molecule has 0 unspecified atom stereocenters. The molecule has 0 bridgehead atoms. The van der Waals surface area contributed by atoms with E-state index in [0.29, 0.717) is 11.5 Å². The van der Waals surface area contributed by atoms with Crippen molar-refractivity contribution in [2.45, 2.75) is 32.2 Å². The normalized spacial score (nSPS) is 15.3. The second-order valence-electron chi connectivity index (χ2n) is 5.56. The lowest BCUT2D eigenvalue weighted by Crippen LogP contribution is -2.45. The van der Waals surface area contributed by atoms with Gasteiger partial charge in [-0.15, -0.1) is 0 Å². The highest BCUT2D eigenvalue weighted by Crippen LogP contribution is 2.39. The van der Waals surface area contributed by atoms with E-state index in [4.69, 9.17) is 5.11 Å². The van der Waals surface area contributed by atoms with E-state index in [0.717, 1.165) is 18.9 Å². The van der Waals surface area contributed by atoms with Gasteiger partial charge in [-0.3, -0.25) is 9.78 Å². The van der Waals surface area contributed by atoms with Crippen LogP contribution in [0.25, 0.3) is 6.08 Å². The molecule has 106 valence electrons. The number of pyridine rings is 1. The zero-order chi connectivity index (χ0) is 14.8. The Balaban J connectivity index is 2.19. The third-order valence-electron chi connectivity index (χ3n) is 3.49. The number of carboxylic acid groups (broad SMARTS) is 1. The molecule has 1 aliphatic carbocycles. The summed E-state index contributed by atoms with van der Waals surface area (Å²) >= 11 is 0. The molecule has 1 aromatic rings. The summed E-state index contributed by atoms with van der Waals surface area (Å²) in [6.45, 7) is 4.00. The average molecular weight is 274 g/mol. The molecular weight excluding hydrogens is 256 g/mol. The van der Waals surface area contributed by atoms with Crippen LogP contribution < -0.4 is 5.32 Å². The van der Waals surface area contributed by atoms with Crippen LogP contribution in [0.15, 0.2) is 24.4 Å². The van der Waals surface area contributed by atoms with Crippen LogP contribution in [0.1, 0.15) is 42.7 Å². The van der Waals surface area contributed by atoms with Crippen LogP contribution in [0, 0.1) is 5.92 Å². The van der Waals surface area contributed by atoms with Gasteiger partial charge in [-0.2, -0.15) is 0 Å². The zero-order valence-corrected chi connectivity index (χ0v) is 11.6. The Bertz CT molecular complexity index is 560. The number of aliphatic carboxylic acids is 1. The zero-order valence-electron chi connectivity index (χ0n) is 11.6. The van der Waals surface area contributed by atoms with Gasteiger partial charge in [0, 0.05) is 23.4 Å². The average Bonchev–Trinajstić information content (AvgIpc) is 3.20. The summed E-state index contributed by atoms with van der Waals surface area (Å²) in [5.74, 6) is -0.820. The number of hydrogen-bond acceptors (Lipinski definition) is 3. The molecule has 1 amide bonds.